The lowest BCUT2D eigenvalue weighted by Crippen LogP contribution is -2.38. The predicted octanol–water partition coefficient (Wildman–Crippen LogP) is 1.80. The van der Waals surface area contributed by atoms with E-state index in [1.165, 1.54) is 11.9 Å². The molecule has 0 bridgehead atoms. The van der Waals surface area contributed by atoms with Crippen LogP contribution in [0.25, 0.3) is 0 Å². The van der Waals surface area contributed by atoms with Gasteiger partial charge in [0, 0.05) is 7.05 Å². The van der Waals surface area contributed by atoms with Crippen molar-refractivity contribution in [1.82, 2.24) is 4.90 Å². The second kappa shape index (κ2) is 7.84. The minimum Gasteiger partial charge on any atom is -0.484 e. The fraction of sp³-hybridized carbons (Fsp3) is 0.176. The van der Waals surface area contributed by atoms with Crippen molar-refractivity contribution in [3.8, 4) is 17.2 Å². The Morgan fingerprint density at radius 1 is 0.957 bits per heavy atom. The standard InChI is InChI=1S/C17H18N2O4/c1-19(11-16(18)20)17(21)12-22-13-7-9-15(10-8-13)23-14-5-3-2-4-6-14/h2-10H,11-12H2,1H3,(H2,18,20). The van der Waals surface area contributed by atoms with E-state index in [2.05, 4.69) is 0 Å². The average Bonchev–Trinajstić information content (AvgIpc) is 2.54. The third-order valence-corrected chi connectivity index (χ3v) is 2.98. The van der Waals surface area contributed by atoms with Crippen molar-refractivity contribution in [2.75, 3.05) is 20.2 Å². The van der Waals surface area contributed by atoms with Gasteiger partial charge in [-0.1, -0.05) is 18.2 Å². The number of ether oxygens (including phenoxy) is 2. The maximum atomic E-state index is 11.7. The minimum atomic E-state index is -0.566. The van der Waals surface area contributed by atoms with Gasteiger partial charge in [-0.05, 0) is 36.4 Å². The average molecular weight is 314 g/mol. The fourth-order valence-corrected chi connectivity index (χ4v) is 1.81. The van der Waals surface area contributed by atoms with Gasteiger partial charge in [0.1, 0.15) is 17.2 Å². The van der Waals surface area contributed by atoms with Gasteiger partial charge in [-0.15, -0.1) is 0 Å². The molecule has 6 heteroatoms. The third-order valence-electron chi connectivity index (χ3n) is 2.98. The van der Waals surface area contributed by atoms with Crippen LogP contribution in [-0.4, -0.2) is 36.9 Å². The van der Waals surface area contributed by atoms with Crippen LogP contribution in [0.15, 0.2) is 54.6 Å². The number of carbonyl (C=O) groups excluding carboxylic acids is 2. The van der Waals surface area contributed by atoms with E-state index < -0.39 is 5.91 Å². The Kier molecular flexibility index (Phi) is 5.57. The fourth-order valence-electron chi connectivity index (χ4n) is 1.81. The van der Waals surface area contributed by atoms with Crippen molar-refractivity contribution < 1.29 is 19.1 Å². The molecule has 0 spiro atoms. The number of benzene rings is 2. The minimum absolute atomic E-state index is 0.133. The molecule has 0 saturated carbocycles. The molecule has 0 atom stereocenters. The predicted molar refractivity (Wildman–Crippen MR) is 85.3 cm³/mol. The van der Waals surface area contributed by atoms with E-state index >= 15 is 0 Å². The largest absolute Gasteiger partial charge is 0.484 e. The number of rotatable bonds is 7. The van der Waals surface area contributed by atoms with E-state index in [4.69, 9.17) is 15.2 Å². The zero-order chi connectivity index (χ0) is 16.7. The van der Waals surface area contributed by atoms with E-state index in [1.807, 2.05) is 30.3 Å². The summed E-state index contributed by atoms with van der Waals surface area (Å²) in [6.45, 7) is -0.297. The highest BCUT2D eigenvalue weighted by molar-refractivity contribution is 5.84. The zero-order valence-electron chi connectivity index (χ0n) is 12.8. The number of hydrogen-bond donors (Lipinski definition) is 1. The van der Waals surface area contributed by atoms with Crippen molar-refractivity contribution >= 4 is 11.8 Å². The van der Waals surface area contributed by atoms with Crippen molar-refractivity contribution in [2.45, 2.75) is 0 Å². The number of nitrogens with two attached hydrogens (primary N) is 1. The molecule has 0 aliphatic rings. The smallest absolute Gasteiger partial charge is 0.260 e. The molecule has 2 amide bonds. The molecular weight excluding hydrogens is 296 g/mol. The molecule has 6 nitrogen and oxygen atoms in total. The lowest BCUT2D eigenvalue weighted by atomic mass is 10.3. The Hall–Kier alpha value is -3.02. The summed E-state index contributed by atoms with van der Waals surface area (Å²) in [6.07, 6.45) is 0. The van der Waals surface area contributed by atoms with Crippen LogP contribution in [-0.2, 0) is 9.59 Å². The van der Waals surface area contributed by atoms with Gasteiger partial charge in [-0.25, -0.2) is 0 Å². The van der Waals surface area contributed by atoms with Gasteiger partial charge in [0.05, 0.1) is 6.54 Å². The SMILES string of the molecule is CN(CC(N)=O)C(=O)COc1ccc(Oc2ccccc2)cc1. The highest BCUT2D eigenvalue weighted by Gasteiger charge is 2.11. The third kappa shape index (κ3) is 5.35. The molecule has 0 aliphatic heterocycles. The van der Waals surface area contributed by atoms with E-state index in [9.17, 15) is 9.59 Å². The Balaban J connectivity index is 1.85. The first-order valence-electron chi connectivity index (χ1n) is 7.02. The summed E-state index contributed by atoms with van der Waals surface area (Å²) in [4.78, 5) is 23.7. The molecule has 0 aliphatic carbocycles. The van der Waals surface area contributed by atoms with Gasteiger partial charge in [0.2, 0.25) is 5.91 Å². The second-order valence-corrected chi connectivity index (χ2v) is 4.89. The maximum Gasteiger partial charge on any atom is 0.260 e. The second-order valence-electron chi connectivity index (χ2n) is 4.89. The first kappa shape index (κ1) is 16.4. The summed E-state index contributed by atoms with van der Waals surface area (Å²) in [5.41, 5.74) is 5.03. The Labute approximate surface area is 134 Å². The van der Waals surface area contributed by atoms with E-state index in [0.29, 0.717) is 11.5 Å². The van der Waals surface area contributed by atoms with Crippen molar-refractivity contribution in [2.24, 2.45) is 5.73 Å². The van der Waals surface area contributed by atoms with Gasteiger partial charge >= 0.3 is 0 Å². The molecule has 120 valence electrons. The summed E-state index contributed by atoms with van der Waals surface area (Å²) in [5, 5.41) is 0. The summed E-state index contributed by atoms with van der Waals surface area (Å²) >= 11 is 0. The first-order valence-corrected chi connectivity index (χ1v) is 7.02. The van der Waals surface area contributed by atoms with Crippen LogP contribution >= 0.6 is 0 Å². The topological polar surface area (TPSA) is 81.9 Å². The summed E-state index contributed by atoms with van der Waals surface area (Å²) in [7, 11) is 1.49. The van der Waals surface area contributed by atoms with Crippen molar-refractivity contribution in [3.05, 3.63) is 54.6 Å². The lowest BCUT2D eigenvalue weighted by molar-refractivity contribution is -0.135. The lowest BCUT2D eigenvalue weighted by Gasteiger charge is -2.15. The molecular formula is C17H18N2O4. The van der Waals surface area contributed by atoms with Gasteiger partial charge in [0.25, 0.3) is 5.91 Å². The molecule has 0 unspecified atom stereocenters. The molecule has 0 fully saturated rings. The molecule has 0 heterocycles. The zero-order valence-corrected chi connectivity index (χ0v) is 12.8. The van der Waals surface area contributed by atoms with Crippen molar-refractivity contribution in [1.29, 1.82) is 0 Å². The number of hydrogen-bond acceptors (Lipinski definition) is 4. The van der Waals surface area contributed by atoms with Gasteiger partial charge in [-0.2, -0.15) is 0 Å². The number of nitrogens with zero attached hydrogens (tertiary/aromatic N) is 1. The highest BCUT2D eigenvalue weighted by atomic mass is 16.5. The molecule has 2 aromatic carbocycles. The van der Waals surface area contributed by atoms with Gasteiger partial charge in [0.15, 0.2) is 6.61 Å². The maximum absolute atomic E-state index is 11.7. The van der Waals surface area contributed by atoms with E-state index in [0.717, 1.165) is 5.75 Å². The molecule has 0 radical (unpaired) electrons. The number of primary amides is 1. The van der Waals surface area contributed by atoms with Crippen LogP contribution in [0.5, 0.6) is 17.2 Å². The monoisotopic (exact) mass is 314 g/mol. The summed E-state index contributed by atoms with van der Waals surface area (Å²) in [6, 6.07) is 16.3. The van der Waals surface area contributed by atoms with Crippen LogP contribution < -0.4 is 15.2 Å². The number of para-hydroxylation sites is 1. The van der Waals surface area contributed by atoms with Gasteiger partial charge < -0.3 is 20.1 Å². The Morgan fingerprint density at radius 3 is 2.13 bits per heavy atom. The normalized spacial score (nSPS) is 9.96. The van der Waals surface area contributed by atoms with Crippen LogP contribution in [0.4, 0.5) is 0 Å². The Bertz CT molecular complexity index is 656. The highest BCUT2D eigenvalue weighted by Crippen LogP contribution is 2.23. The van der Waals surface area contributed by atoms with Gasteiger partial charge in [-0.3, -0.25) is 9.59 Å². The van der Waals surface area contributed by atoms with Crippen LogP contribution in [0.3, 0.4) is 0 Å². The summed E-state index contributed by atoms with van der Waals surface area (Å²) in [5.74, 6) is 1.05. The number of amides is 2. The van der Waals surface area contributed by atoms with Crippen molar-refractivity contribution in [3.63, 3.8) is 0 Å². The van der Waals surface area contributed by atoms with E-state index in [1.54, 1.807) is 24.3 Å². The molecule has 0 saturated heterocycles. The quantitative estimate of drug-likeness (QED) is 0.845. The molecule has 2 rings (SSSR count). The summed E-state index contributed by atoms with van der Waals surface area (Å²) < 4.78 is 11.0. The number of likely N-dealkylation sites (N-methyl/N-ethyl adjacent to an activating group) is 1. The number of carbonyl (C=O) groups is 2. The molecule has 23 heavy (non-hydrogen) atoms. The van der Waals surface area contributed by atoms with Crippen LogP contribution in [0.1, 0.15) is 0 Å². The molecule has 0 aromatic heterocycles. The Morgan fingerprint density at radius 2 is 1.52 bits per heavy atom. The van der Waals surface area contributed by atoms with Crippen LogP contribution in [0, 0.1) is 0 Å². The molecule has 2 aromatic rings. The molecule has 2 N–H and O–H groups in total. The first-order chi connectivity index (χ1) is 11.0. The van der Waals surface area contributed by atoms with E-state index in [-0.39, 0.29) is 19.1 Å². The van der Waals surface area contributed by atoms with Crippen LogP contribution in [0.2, 0.25) is 0 Å².